The third-order valence-corrected chi connectivity index (χ3v) is 3.88. The van der Waals surface area contributed by atoms with E-state index in [0.717, 1.165) is 5.56 Å². The Hall–Kier alpha value is -2.20. The molecule has 1 heterocycles. The summed E-state index contributed by atoms with van der Waals surface area (Å²) in [6, 6.07) is 14.5. The summed E-state index contributed by atoms with van der Waals surface area (Å²) in [5.41, 5.74) is 0.870. The quantitative estimate of drug-likeness (QED) is 0.944. The minimum atomic E-state index is -0.667. The zero-order valence-electron chi connectivity index (χ0n) is 12.1. The van der Waals surface area contributed by atoms with Crippen LogP contribution in [0.25, 0.3) is 0 Å². The number of halogens is 1. The van der Waals surface area contributed by atoms with E-state index >= 15 is 0 Å². The highest BCUT2D eigenvalue weighted by atomic mass is 35.5. The van der Waals surface area contributed by atoms with Gasteiger partial charge in [-0.05, 0) is 30.7 Å². The van der Waals surface area contributed by atoms with Gasteiger partial charge in [-0.2, -0.15) is 0 Å². The first kappa shape index (κ1) is 14.7. The van der Waals surface area contributed by atoms with Crippen molar-refractivity contribution in [2.24, 2.45) is 0 Å². The number of para-hydroxylation sites is 2. The average molecular weight is 318 g/mol. The van der Waals surface area contributed by atoms with Gasteiger partial charge in [-0.25, -0.2) is 0 Å². The number of carbonyl (C=O) groups excluding carboxylic acids is 1. The van der Waals surface area contributed by atoms with E-state index in [9.17, 15) is 4.79 Å². The highest BCUT2D eigenvalue weighted by Gasteiger charge is 2.28. The molecule has 0 fully saturated rings. The van der Waals surface area contributed by atoms with Crippen molar-refractivity contribution in [3.8, 4) is 11.5 Å². The summed E-state index contributed by atoms with van der Waals surface area (Å²) in [5.74, 6) is 1.02. The molecule has 2 aromatic rings. The van der Waals surface area contributed by atoms with Gasteiger partial charge in [0.1, 0.15) is 6.61 Å². The van der Waals surface area contributed by atoms with E-state index in [2.05, 4.69) is 5.32 Å². The molecule has 3 rings (SSSR count). The van der Waals surface area contributed by atoms with E-state index in [4.69, 9.17) is 21.1 Å². The standard InChI is InChI=1S/C17H16ClNO3/c1-11(12-6-2-3-7-13(12)18)19-17(20)16-10-21-14-8-4-5-9-15(14)22-16/h2-9,11,16H,10H2,1H3,(H,19,20)/t11-,16+/m0/s1. The van der Waals surface area contributed by atoms with Crippen molar-refractivity contribution in [2.75, 3.05) is 6.61 Å². The molecule has 1 N–H and O–H groups in total. The molecule has 22 heavy (non-hydrogen) atoms. The molecule has 0 radical (unpaired) electrons. The van der Waals surface area contributed by atoms with E-state index < -0.39 is 6.10 Å². The summed E-state index contributed by atoms with van der Waals surface area (Å²) in [7, 11) is 0. The number of fused-ring (bicyclic) bond motifs is 1. The van der Waals surface area contributed by atoms with Crippen LogP contribution in [-0.4, -0.2) is 18.6 Å². The van der Waals surface area contributed by atoms with Gasteiger partial charge < -0.3 is 14.8 Å². The highest BCUT2D eigenvalue weighted by molar-refractivity contribution is 6.31. The Kier molecular flexibility index (Phi) is 4.20. The Labute approximate surface area is 134 Å². The second-order valence-corrected chi connectivity index (χ2v) is 5.52. The minimum Gasteiger partial charge on any atom is -0.485 e. The molecule has 2 atom stereocenters. The fourth-order valence-corrected chi connectivity index (χ4v) is 2.66. The molecule has 114 valence electrons. The molecule has 1 aliphatic rings. The summed E-state index contributed by atoms with van der Waals surface area (Å²) in [4.78, 5) is 12.3. The van der Waals surface area contributed by atoms with Crippen LogP contribution in [0.3, 0.4) is 0 Å². The maximum atomic E-state index is 12.3. The van der Waals surface area contributed by atoms with Gasteiger partial charge in [-0.3, -0.25) is 4.79 Å². The molecular formula is C17H16ClNO3. The lowest BCUT2D eigenvalue weighted by atomic mass is 10.1. The van der Waals surface area contributed by atoms with E-state index in [1.165, 1.54) is 0 Å². The molecule has 5 heteroatoms. The number of carbonyl (C=O) groups is 1. The molecule has 0 aliphatic carbocycles. The Morgan fingerprint density at radius 1 is 1.18 bits per heavy atom. The first-order chi connectivity index (χ1) is 10.6. The van der Waals surface area contributed by atoms with Crippen molar-refractivity contribution >= 4 is 17.5 Å². The zero-order valence-corrected chi connectivity index (χ0v) is 12.8. The number of hydrogen-bond acceptors (Lipinski definition) is 3. The molecule has 1 aliphatic heterocycles. The van der Waals surface area contributed by atoms with Gasteiger partial charge in [0.15, 0.2) is 11.5 Å². The Morgan fingerprint density at radius 3 is 2.64 bits per heavy atom. The first-order valence-corrected chi connectivity index (χ1v) is 7.46. The van der Waals surface area contributed by atoms with Crippen molar-refractivity contribution in [3.05, 3.63) is 59.1 Å². The summed E-state index contributed by atoms with van der Waals surface area (Å²) in [6.07, 6.45) is -0.667. The van der Waals surface area contributed by atoms with Crippen LogP contribution in [0, 0.1) is 0 Å². The zero-order chi connectivity index (χ0) is 15.5. The highest BCUT2D eigenvalue weighted by Crippen LogP contribution is 2.31. The molecule has 0 unspecified atom stereocenters. The molecule has 0 saturated heterocycles. The second-order valence-electron chi connectivity index (χ2n) is 5.12. The van der Waals surface area contributed by atoms with E-state index in [1.54, 1.807) is 12.1 Å². The molecule has 0 aromatic heterocycles. The monoisotopic (exact) mass is 317 g/mol. The van der Waals surface area contributed by atoms with Gasteiger partial charge in [0, 0.05) is 5.02 Å². The van der Waals surface area contributed by atoms with Crippen LogP contribution in [0.4, 0.5) is 0 Å². The van der Waals surface area contributed by atoms with E-state index in [0.29, 0.717) is 16.5 Å². The smallest absolute Gasteiger partial charge is 0.265 e. The molecular weight excluding hydrogens is 302 g/mol. The van der Waals surface area contributed by atoms with Crippen LogP contribution in [-0.2, 0) is 4.79 Å². The summed E-state index contributed by atoms with van der Waals surface area (Å²) in [5, 5.41) is 3.54. The first-order valence-electron chi connectivity index (χ1n) is 7.08. The Morgan fingerprint density at radius 2 is 1.86 bits per heavy atom. The minimum absolute atomic E-state index is 0.193. The van der Waals surface area contributed by atoms with Crippen molar-refractivity contribution in [2.45, 2.75) is 19.1 Å². The van der Waals surface area contributed by atoms with Crippen LogP contribution in [0.15, 0.2) is 48.5 Å². The van der Waals surface area contributed by atoms with Crippen LogP contribution in [0.1, 0.15) is 18.5 Å². The largest absolute Gasteiger partial charge is 0.485 e. The predicted octanol–water partition coefficient (Wildman–Crippen LogP) is 3.36. The van der Waals surface area contributed by atoms with Gasteiger partial charge in [0.25, 0.3) is 5.91 Å². The maximum absolute atomic E-state index is 12.3. The summed E-state index contributed by atoms with van der Waals surface area (Å²) < 4.78 is 11.2. The molecule has 0 bridgehead atoms. The number of ether oxygens (including phenoxy) is 2. The van der Waals surface area contributed by atoms with Gasteiger partial charge >= 0.3 is 0 Å². The normalized spacial score (nSPS) is 17.6. The van der Waals surface area contributed by atoms with Crippen molar-refractivity contribution in [1.82, 2.24) is 5.32 Å². The fraction of sp³-hybridized carbons (Fsp3) is 0.235. The number of hydrogen-bond donors (Lipinski definition) is 1. The average Bonchev–Trinajstić information content (AvgIpc) is 2.54. The lowest BCUT2D eigenvalue weighted by Crippen LogP contribution is -2.44. The number of benzene rings is 2. The van der Waals surface area contributed by atoms with Gasteiger partial charge in [-0.1, -0.05) is 41.9 Å². The van der Waals surface area contributed by atoms with Crippen molar-refractivity contribution in [1.29, 1.82) is 0 Å². The van der Waals surface area contributed by atoms with Gasteiger partial charge in [0.2, 0.25) is 6.10 Å². The Bertz CT molecular complexity index is 689. The van der Waals surface area contributed by atoms with Crippen LogP contribution in [0.5, 0.6) is 11.5 Å². The molecule has 0 spiro atoms. The van der Waals surface area contributed by atoms with Crippen molar-refractivity contribution < 1.29 is 14.3 Å². The third-order valence-electron chi connectivity index (χ3n) is 3.53. The van der Waals surface area contributed by atoms with Crippen LogP contribution >= 0.6 is 11.6 Å². The van der Waals surface area contributed by atoms with Crippen LogP contribution < -0.4 is 14.8 Å². The van der Waals surface area contributed by atoms with Crippen molar-refractivity contribution in [3.63, 3.8) is 0 Å². The van der Waals surface area contributed by atoms with Crippen LogP contribution in [0.2, 0.25) is 5.02 Å². The SMILES string of the molecule is C[C@H](NC(=O)[C@H]1COc2ccccc2O1)c1ccccc1Cl. The van der Waals surface area contributed by atoms with Gasteiger partial charge in [-0.15, -0.1) is 0 Å². The summed E-state index contributed by atoms with van der Waals surface area (Å²) >= 11 is 6.15. The summed E-state index contributed by atoms with van der Waals surface area (Å²) in [6.45, 7) is 2.08. The van der Waals surface area contributed by atoms with E-state index in [1.807, 2.05) is 43.3 Å². The lowest BCUT2D eigenvalue weighted by Gasteiger charge is -2.27. The third kappa shape index (κ3) is 3.02. The molecule has 1 amide bonds. The number of rotatable bonds is 3. The molecule has 4 nitrogen and oxygen atoms in total. The second kappa shape index (κ2) is 6.28. The number of nitrogens with one attached hydrogen (secondary N) is 1. The fourth-order valence-electron chi connectivity index (χ4n) is 2.36. The van der Waals surface area contributed by atoms with E-state index in [-0.39, 0.29) is 18.6 Å². The number of amides is 1. The Balaban J connectivity index is 1.67. The predicted molar refractivity (Wildman–Crippen MR) is 84.4 cm³/mol. The lowest BCUT2D eigenvalue weighted by molar-refractivity contribution is -0.131. The van der Waals surface area contributed by atoms with Gasteiger partial charge in [0.05, 0.1) is 6.04 Å². The topological polar surface area (TPSA) is 47.6 Å². The molecule has 0 saturated carbocycles. The maximum Gasteiger partial charge on any atom is 0.265 e. The molecule has 2 aromatic carbocycles.